The zero-order valence-electron chi connectivity index (χ0n) is 14.3. The third kappa shape index (κ3) is 2.78. The lowest BCUT2D eigenvalue weighted by Gasteiger charge is -2.15. The molecule has 0 unspecified atom stereocenters. The number of aromatic nitrogens is 2. The second-order valence-corrected chi connectivity index (χ2v) is 6.71. The van der Waals surface area contributed by atoms with E-state index in [-0.39, 0.29) is 0 Å². The van der Waals surface area contributed by atoms with Crippen molar-refractivity contribution in [2.24, 2.45) is 0 Å². The zero-order chi connectivity index (χ0) is 17.4. The highest BCUT2D eigenvalue weighted by Crippen LogP contribution is 2.34. The molecule has 1 atom stereocenters. The summed E-state index contributed by atoms with van der Waals surface area (Å²) in [4.78, 5) is 4.48. The Bertz CT molecular complexity index is 992. The molecule has 4 rings (SSSR count). The Morgan fingerprint density at radius 1 is 1.36 bits per heavy atom. The molecule has 1 aliphatic rings. The number of allylic oxidation sites excluding steroid dienone is 1. The Kier molecular flexibility index (Phi) is 3.77. The largest absolute Gasteiger partial charge is 0.386 e. The molecule has 1 aliphatic carbocycles. The predicted octanol–water partition coefficient (Wildman–Crippen LogP) is 3.55. The van der Waals surface area contributed by atoms with Crippen molar-refractivity contribution in [3.8, 4) is 6.07 Å². The van der Waals surface area contributed by atoms with Crippen molar-refractivity contribution in [1.82, 2.24) is 14.9 Å². The maximum Gasteiger partial charge on any atom is 0.0991 e. The van der Waals surface area contributed by atoms with E-state index in [0.29, 0.717) is 11.6 Å². The highest BCUT2D eigenvalue weighted by Gasteiger charge is 2.28. The van der Waals surface area contributed by atoms with Crippen molar-refractivity contribution >= 4 is 10.9 Å². The van der Waals surface area contributed by atoms with Crippen LogP contribution in [0.2, 0.25) is 0 Å². The third-order valence-corrected chi connectivity index (χ3v) is 4.80. The molecule has 2 heterocycles. The minimum Gasteiger partial charge on any atom is -0.386 e. The Balaban J connectivity index is 1.82. The molecule has 1 aromatic carbocycles. The first kappa shape index (κ1) is 15.5. The minimum atomic E-state index is 0.368. The molecular formula is C21H20N4. The van der Waals surface area contributed by atoms with Crippen LogP contribution in [0, 0.1) is 11.3 Å². The van der Waals surface area contributed by atoms with Crippen LogP contribution in [0.25, 0.3) is 10.9 Å². The summed E-state index contributed by atoms with van der Waals surface area (Å²) in [6.07, 6.45) is 3.76. The van der Waals surface area contributed by atoms with E-state index < -0.39 is 0 Å². The fourth-order valence-electron chi connectivity index (χ4n) is 3.84. The number of nitriles is 1. The lowest BCUT2D eigenvalue weighted by Crippen LogP contribution is -2.28. The average molecular weight is 328 g/mol. The van der Waals surface area contributed by atoms with Gasteiger partial charge in [0, 0.05) is 41.0 Å². The maximum atomic E-state index is 9.27. The number of fused-ring (bicyclic) bond motifs is 3. The lowest BCUT2D eigenvalue weighted by molar-refractivity contribution is 0.585. The van der Waals surface area contributed by atoms with Gasteiger partial charge in [-0.1, -0.05) is 12.6 Å². The molecule has 25 heavy (non-hydrogen) atoms. The van der Waals surface area contributed by atoms with E-state index in [1.54, 1.807) is 0 Å². The molecule has 1 N–H and O–H groups in total. The Morgan fingerprint density at radius 3 is 2.96 bits per heavy atom. The van der Waals surface area contributed by atoms with Crippen molar-refractivity contribution in [3.05, 3.63) is 77.4 Å². The molecule has 4 nitrogen and oxygen atoms in total. The number of hydrogen-bond acceptors (Lipinski definition) is 3. The summed E-state index contributed by atoms with van der Waals surface area (Å²) >= 11 is 0. The first-order valence-electron chi connectivity index (χ1n) is 8.51. The van der Waals surface area contributed by atoms with Crippen LogP contribution < -0.4 is 5.32 Å². The standard InChI is InChI=1S/C21H20N4/c1-14(2)24-17-10-19-18-9-15(12-22)6-7-20(18)25(21(19)11-17)13-16-5-3-4-8-23-16/h3-9,17,24H,1,10-11,13H2,2H3/t17-/m0/s1. The van der Waals surface area contributed by atoms with E-state index >= 15 is 0 Å². The first-order chi connectivity index (χ1) is 12.2. The number of nitrogens with zero attached hydrogens (tertiary/aromatic N) is 3. The summed E-state index contributed by atoms with van der Waals surface area (Å²) < 4.78 is 2.36. The molecule has 3 aromatic rings. The number of hydrogen-bond donors (Lipinski definition) is 1. The molecule has 0 amide bonds. The van der Waals surface area contributed by atoms with E-state index in [0.717, 1.165) is 30.8 Å². The molecule has 0 saturated heterocycles. The summed E-state index contributed by atoms with van der Waals surface area (Å²) in [7, 11) is 0. The topological polar surface area (TPSA) is 53.6 Å². The quantitative estimate of drug-likeness (QED) is 0.797. The van der Waals surface area contributed by atoms with Crippen molar-refractivity contribution < 1.29 is 0 Å². The van der Waals surface area contributed by atoms with E-state index in [2.05, 4.69) is 39.6 Å². The fraction of sp³-hybridized carbons (Fsp3) is 0.238. The van der Waals surface area contributed by atoms with Crippen LogP contribution in [0.3, 0.4) is 0 Å². The van der Waals surface area contributed by atoms with Gasteiger partial charge >= 0.3 is 0 Å². The summed E-state index contributed by atoms with van der Waals surface area (Å²) in [5, 5.41) is 13.9. The first-order valence-corrected chi connectivity index (χ1v) is 8.51. The average Bonchev–Trinajstić information content (AvgIpc) is 3.13. The normalized spacial score (nSPS) is 15.8. The van der Waals surface area contributed by atoms with E-state index in [1.165, 1.54) is 22.2 Å². The molecule has 0 bridgehead atoms. The van der Waals surface area contributed by atoms with E-state index in [4.69, 9.17) is 0 Å². The smallest absolute Gasteiger partial charge is 0.0991 e. The summed E-state index contributed by atoms with van der Waals surface area (Å²) in [6, 6.07) is 14.6. The molecule has 2 aromatic heterocycles. The van der Waals surface area contributed by atoms with Crippen molar-refractivity contribution in [1.29, 1.82) is 5.26 Å². The molecule has 0 saturated carbocycles. The fourth-order valence-corrected chi connectivity index (χ4v) is 3.84. The molecule has 0 radical (unpaired) electrons. The van der Waals surface area contributed by atoms with Gasteiger partial charge in [0.15, 0.2) is 0 Å². The van der Waals surface area contributed by atoms with Crippen molar-refractivity contribution in [3.63, 3.8) is 0 Å². The second-order valence-electron chi connectivity index (χ2n) is 6.71. The van der Waals surface area contributed by atoms with E-state index in [9.17, 15) is 5.26 Å². The van der Waals surface area contributed by atoms with E-state index in [1.807, 2.05) is 37.4 Å². The van der Waals surface area contributed by atoms with Crippen LogP contribution in [-0.2, 0) is 19.4 Å². The Morgan fingerprint density at radius 2 is 2.24 bits per heavy atom. The van der Waals surface area contributed by atoms with Crippen LogP contribution in [-0.4, -0.2) is 15.6 Å². The summed E-state index contributed by atoms with van der Waals surface area (Å²) in [5.74, 6) is 0. The van der Waals surface area contributed by atoms with Gasteiger partial charge in [-0.05, 0) is 49.2 Å². The third-order valence-electron chi connectivity index (χ3n) is 4.80. The Hall–Kier alpha value is -3.06. The monoisotopic (exact) mass is 328 g/mol. The maximum absolute atomic E-state index is 9.27. The lowest BCUT2D eigenvalue weighted by atomic mass is 10.1. The highest BCUT2D eigenvalue weighted by atomic mass is 15.0. The van der Waals surface area contributed by atoms with Crippen LogP contribution in [0.4, 0.5) is 0 Å². The summed E-state index contributed by atoms with van der Waals surface area (Å²) in [6.45, 7) is 6.72. The van der Waals surface area contributed by atoms with Crippen molar-refractivity contribution in [2.75, 3.05) is 0 Å². The Labute approximate surface area is 147 Å². The number of nitrogens with one attached hydrogen (secondary N) is 1. The number of pyridine rings is 1. The van der Waals surface area contributed by atoms with Crippen molar-refractivity contribution in [2.45, 2.75) is 32.4 Å². The second kappa shape index (κ2) is 6.10. The van der Waals surface area contributed by atoms with Gasteiger partial charge in [0.2, 0.25) is 0 Å². The van der Waals surface area contributed by atoms with Gasteiger partial charge in [-0.2, -0.15) is 5.26 Å². The van der Waals surface area contributed by atoms with Gasteiger partial charge in [-0.25, -0.2) is 0 Å². The molecule has 0 fully saturated rings. The highest BCUT2D eigenvalue weighted by molar-refractivity contribution is 5.87. The molecule has 0 spiro atoms. The van der Waals surface area contributed by atoms with Crippen LogP contribution >= 0.6 is 0 Å². The number of benzene rings is 1. The van der Waals surface area contributed by atoms with Gasteiger partial charge in [0.05, 0.1) is 23.9 Å². The molecule has 124 valence electrons. The van der Waals surface area contributed by atoms with Crippen LogP contribution in [0.1, 0.15) is 29.4 Å². The van der Waals surface area contributed by atoms with Crippen LogP contribution in [0.15, 0.2) is 54.9 Å². The molecular weight excluding hydrogens is 308 g/mol. The van der Waals surface area contributed by atoms with Crippen LogP contribution in [0.5, 0.6) is 0 Å². The van der Waals surface area contributed by atoms with Gasteiger partial charge < -0.3 is 9.88 Å². The molecule has 4 heteroatoms. The predicted molar refractivity (Wildman–Crippen MR) is 99.1 cm³/mol. The zero-order valence-corrected chi connectivity index (χ0v) is 14.3. The van der Waals surface area contributed by atoms with Gasteiger partial charge in [-0.15, -0.1) is 0 Å². The molecule has 0 aliphatic heterocycles. The summed E-state index contributed by atoms with van der Waals surface area (Å²) in [5.41, 5.74) is 6.62. The SMILES string of the molecule is C=C(C)N[C@H]1Cc2c(n(Cc3ccccn3)c3ccc(C#N)cc23)C1. The van der Waals surface area contributed by atoms with Gasteiger partial charge in [-0.3, -0.25) is 4.98 Å². The minimum absolute atomic E-state index is 0.368. The van der Waals surface area contributed by atoms with Gasteiger partial charge in [0.1, 0.15) is 0 Å². The number of rotatable bonds is 4. The van der Waals surface area contributed by atoms with Gasteiger partial charge in [0.25, 0.3) is 0 Å².